The van der Waals surface area contributed by atoms with E-state index in [0.717, 1.165) is 12.7 Å². The molecule has 3 aromatic rings. The Morgan fingerprint density at radius 2 is 2.09 bits per heavy atom. The molecule has 1 fully saturated rings. The number of ether oxygens (including phenoxy) is 1. The van der Waals surface area contributed by atoms with Gasteiger partial charge < -0.3 is 14.8 Å². The Labute approximate surface area is 185 Å². The molecule has 0 bridgehead atoms. The Morgan fingerprint density at radius 3 is 2.75 bits per heavy atom. The number of aromatic amines is 1. The van der Waals surface area contributed by atoms with Gasteiger partial charge in [-0.1, -0.05) is 43.0 Å². The lowest BCUT2D eigenvalue weighted by molar-refractivity contribution is -0.569. The lowest BCUT2D eigenvalue weighted by Gasteiger charge is -2.36. The largest absolute Gasteiger partial charge is 0.694 e. The Hall–Kier alpha value is -2.74. The summed E-state index contributed by atoms with van der Waals surface area (Å²) >= 11 is 4.30. The third-order valence-corrected chi connectivity index (χ3v) is 6.48. The number of thiol groups is 1. The van der Waals surface area contributed by atoms with Crippen LogP contribution < -0.4 is 5.56 Å². The Morgan fingerprint density at radius 1 is 1.38 bits per heavy atom. The molecule has 4 rings (SSSR count). The minimum absolute atomic E-state index is 0.0352. The molecule has 2 aromatic heterocycles. The van der Waals surface area contributed by atoms with Crippen molar-refractivity contribution in [3.8, 4) is 0 Å². The van der Waals surface area contributed by atoms with Gasteiger partial charge in [0.2, 0.25) is 5.72 Å². The van der Waals surface area contributed by atoms with Crippen molar-refractivity contribution in [1.82, 2.24) is 19.5 Å². The second-order valence-electron chi connectivity index (χ2n) is 7.08. The van der Waals surface area contributed by atoms with Crippen LogP contribution in [0.25, 0.3) is 11.2 Å². The average molecular weight is 482 g/mol. The summed E-state index contributed by atoms with van der Waals surface area (Å²) in [5, 5.41) is 23.2. The maximum Gasteiger partial charge on any atom is 0.694 e. The summed E-state index contributed by atoms with van der Waals surface area (Å²) in [6, 6.07) is 8.57. The van der Waals surface area contributed by atoms with Crippen molar-refractivity contribution in [2.75, 3.05) is 6.61 Å². The molecule has 0 spiro atoms. The number of rotatable bonds is 7. The number of nitrogens with one attached hydrogen (secondary N) is 1. The van der Waals surface area contributed by atoms with Crippen LogP contribution in [0.4, 0.5) is 0 Å². The molecular formula is C17H17N5O8PS+. The molecule has 32 heavy (non-hydrogen) atoms. The van der Waals surface area contributed by atoms with Gasteiger partial charge in [0.15, 0.2) is 17.3 Å². The highest BCUT2D eigenvalue weighted by Gasteiger charge is 2.74. The van der Waals surface area contributed by atoms with Gasteiger partial charge in [0.25, 0.3) is 5.56 Å². The predicted molar refractivity (Wildman–Crippen MR) is 112 cm³/mol. The van der Waals surface area contributed by atoms with Crippen LogP contribution in [0.5, 0.6) is 0 Å². The Bertz CT molecular complexity index is 1240. The first kappa shape index (κ1) is 22.5. The molecule has 0 amide bonds. The Kier molecular flexibility index (Phi) is 5.83. The van der Waals surface area contributed by atoms with Crippen LogP contribution in [-0.4, -0.2) is 58.1 Å². The van der Waals surface area contributed by atoms with E-state index >= 15 is 0 Å². The number of H-pyrrole nitrogens is 1. The van der Waals surface area contributed by atoms with E-state index in [0.29, 0.717) is 5.56 Å². The minimum Gasteiger partial charge on any atom is -0.382 e. The van der Waals surface area contributed by atoms with Crippen LogP contribution in [0, 0.1) is 10.1 Å². The van der Waals surface area contributed by atoms with Crippen LogP contribution in [-0.2, 0) is 26.0 Å². The first-order valence-electron chi connectivity index (χ1n) is 9.17. The highest BCUT2D eigenvalue weighted by Crippen LogP contribution is 2.51. The van der Waals surface area contributed by atoms with Crippen molar-refractivity contribution in [1.29, 1.82) is 0 Å². The number of aromatic nitrogens is 4. The predicted octanol–water partition coefficient (Wildman–Crippen LogP) is 0.344. The molecule has 13 nitrogen and oxygen atoms in total. The molecule has 0 saturated carbocycles. The lowest BCUT2D eigenvalue weighted by atomic mass is 9.92. The molecule has 1 saturated heterocycles. The third-order valence-electron chi connectivity index (χ3n) is 5.33. The summed E-state index contributed by atoms with van der Waals surface area (Å²) in [4.78, 5) is 40.7. The summed E-state index contributed by atoms with van der Waals surface area (Å²) in [5.41, 5.74) is -2.18. The number of hydrogen-bond acceptors (Lipinski definition) is 10. The number of hydrogen-bond donors (Lipinski definition) is 4. The van der Waals surface area contributed by atoms with Gasteiger partial charge in [-0.05, 0) is 5.56 Å². The number of nitrogens with zero attached hydrogens (tertiary/aromatic N) is 4. The van der Waals surface area contributed by atoms with Gasteiger partial charge in [-0.2, -0.15) is 0 Å². The van der Waals surface area contributed by atoms with Crippen LogP contribution in [0.1, 0.15) is 5.56 Å². The van der Waals surface area contributed by atoms with Gasteiger partial charge >= 0.3 is 13.1 Å². The fraction of sp³-hybridized carbons (Fsp3) is 0.353. The lowest BCUT2D eigenvalue weighted by Crippen LogP contribution is -2.59. The quantitative estimate of drug-likeness (QED) is 0.120. The zero-order chi connectivity index (χ0) is 23.1. The van der Waals surface area contributed by atoms with E-state index in [9.17, 15) is 24.6 Å². The van der Waals surface area contributed by atoms with Crippen LogP contribution >= 0.6 is 20.9 Å². The number of imidazole rings is 1. The molecule has 1 aliphatic heterocycles. The normalized spacial score (nSPS) is 28.2. The topological polar surface area (TPSA) is 183 Å². The first-order valence-corrected chi connectivity index (χ1v) is 10.8. The molecule has 3 heterocycles. The number of aliphatic hydroxyl groups is 1. The SMILES string of the molecule is O=c1[nH]cnc2c1ncn2[C@]1(Cc2ccccc2)O[C@H](CO[P+](=O)O)[C@@H](O)[C@]1(S)[N+](=O)[O-]. The first-order chi connectivity index (χ1) is 15.2. The molecule has 0 aliphatic carbocycles. The summed E-state index contributed by atoms with van der Waals surface area (Å²) in [5.74, 6) is 0. The minimum atomic E-state index is -3.05. The van der Waals surface area contributed by atoms with Crippen molar-refractivity contribution in [2.24, 2.45) is 0 Å². The van der Waals surface area contributed by atoms with Gasteiger partial charge in [-0.15, -0.1) is 9.42 Å². The van der Waals surface area contributed by atoms with E-state index in [4.69, 9.17) is 9.63 Å². The summed E-state index contributed by atoms with van der Waals surface area (Å²) in [6.45, 7) is -0.625. The number of benzene rings is 1. The molecule has 1 unspecified atom stereocenters. The zero-order valence-electron chi connectivity index (χ0n) is 16.1. The smallest absolute Gasteiger partial charge is 0.382 e. The molecule has 0 radical (unpaired) electrons. The fourth-order valence-corrected chi connectivity index (χ4v) is 4.56. The second-order valence-corrected chi connectivity index (χ2v) is 8.50. The van der Waals surface area contributed by atoms with Gasteiger partial charge in [0.05, 0.1) is 12.7 Å². The van der Waals surface area contributed by atoms with Crippen molar-refractivity contribution in [2.45, 2.75) is 29.2 Å². The average Bonchev–Trinajstić information content (AvgIpc) is 3.29. The molecular weight excluding hydrogens is 465 g/mol. The second kappa shape index (κ2) is 8.31. The van der Waals surface area contributed by atoms with E-state index in [1.807, 2.05) is 0 Å². The van der Waals surface area contributed by atoms with Crippen molar-refractivity contribution in [3.63, 3.8) is 0 Å². The van der Waals surface area contributed by atoms with Crippen molar-refractivity contribution < 1.29 is 28.7 Å². The Balaban J connectivity index is 1.96. The number of nitro groups is 1. The molecule has 3 N–H and O–H groups in total. The molecule has 15 heteroatoms. The van der Waals surface area contributed by atoms with Crippen molar-refractivity contribution in [3.05, 3.63) is 69.0 Å². The van der Waals surface area contributed by atoms with E-state index < -0.39 is 48.1 Å². The van der Waals surface area contributed by atoms with Gasteiger partial charge in [-0.3, -0.25) is 19.5 Å². The standard InChI is InChI=1S/C17H16N5O8PS/c23-13-11(7-29-31(27)28)30-16(17(13,32)22(25)26,6-10-4-2-1-3-5-10)21-9-20-12-14(21)18-8-19-15(12)24/h1-5,8-9,11,13,23H,6-7H2,(H2-,18,19,24,27,28,32)/p+1/t11-,13-,16-,17-/m1/s1. The van der Waals surface area contributed by atoms with Gasteiger partial charge in [-0.25, -0.2) is 9.97 Å². The van der Waals surface area contributed by atoms with Crippen LogP contribution in [0.2, 0.25) is 0 Å². The fourth-order valence-electron chi connectivity index (χ4n) is 3.88. The summed E-state index contributed by atoms with van der Waals surface area (Å²) in [6.07, 6.45) is -1.22. The summed E-state index contributed by atoms with van der Waals surface area (Å²) in [7, 11) is -3.05. The molecule has 1 aromatic carbocycles. The number of fused-ring (bicyclic) bond motifs is 1. The third kappa shape index (κ3) is 3.41. The molecule has 5 atom stereocenters. The number of aliphatic hydroxyl groups excluding tert-OH is 1. The van der Waals surface area contributed by atoms with E-state index in [1.54, 1.807) is 30.3 Å². The van der Waals surface area contributed by atoms with E-state index in [-0.39, 0.29) is 17.6 Å². The maximum atomic E-state index is 12.3. The molecule has 1 aliphatic rings. The maximum absolute atomic E-state index is 12.3. The van der Waals surface area contributed by atoms with E-state index in [2.05, 4.69) is 32.1 Å². The van der Waals surface area contributed by atoms with Gasteiger partial charge in [0, 0.05) is 15.9 Å². The molecule has 168 valence electrons. The van der Waals surface area contributed by atoms with Crippen LogP contribution in [0.15, 0.2) is 47.8 Å². The van der Waals surface area contributed by atoms with E-state index in [1.165, 1.54) is 4.57 Å². The van der Waals surface area contributed by atoms with Crippen LogP contribution in [0.3, 0.4) is 0 Å². The zero-order valence-corrected chi connectivity index (χ0v) is 17.9. The summed E-state index contributed by atoms with van der Waals surface area (Å²) < 4.78 is 22.9. The highest BCUT2D eigenvalue weighted by atomic mass is 32.1. The van der Waals surface area contributed by atoms with Crippen molar-refractivity contribution >= 4 is 32.0 Å². The monoisotopic (exact) mass is 482 g/mol. The highest BCUT2D eigenvalue weighted by molar-refractivity contribution is 7.81. The van der Waals surface area contributed by atoms with Gasteiger partial charge in [0.1, 0.15) is 12.7 Å².